The lowest BCUT2D eigenvalue weighted by molar-refractivity contribution is 0.292. The number of aromatic nitrogens is 2. The molecule has 0 radical (unpaired) electrons. The van der Waals surface area contributed by atoms with Gasteiger partial charge in [-0.05, 0) is 43.7 Å². The Morgan fingerprint density at radius 2 is 2.09 bits per heavy atom. The molecule has 1 unspecified atom stereocenters. The molecule has 120 valence electrons. The molecular formula is C15H19ClFN3O2. The molecule has 0 amide bonds. The van der Waals surface area contributed by atoms with Gasteiger partial charge in [0.05, 0.1) is 12.6 Å². The van der Waals surface area contributed by atoms with Gasteiger partial charge in [0, 0.05) is 6.42 Å². The second-order valence-corrected chi connectivity index (χ2v) is 5.10. The first-order chi connectivity index (χ1) is 10.3. The van der Waals surface area contributed by atoms with E-state index in [1.54, 1.807) is 12.1 Å². The van der Waals surface area contributed by atoms with Crippen LogP contribution >= 0.6 is 12.4 Å². The van der Waals surface area contributed by atoms with Crippen molar-refractivity contribution in [2.45, 2.75) is 31.7 Å². The molecule has 1 atom stereocenters. The van der Waals surface area contributed by atoms with Crippen molar-refractivity contribution in [1.29, 1.82) is 0 Å². The first kappa shape index (κ1) is 16.7. The molecule has 5 nitrogen and oxygen atoms in total. The van der Waals surface area contributed by atoms with Crippen LogP contribution in [0.4, 0.5) is 4.39 Å². The number of hydrogen-bond acceptors (Lipinski definition) is 5. The van der Waals surface area contributed by atoms with Gasteiger partial charge in [-0.1, -0.05) is 11.6 Å². The molecule has 2 aromatic rings. The topological polar surface area (TPSA) is 60.2 Å². The van der Waals surface area contributed by atoms with Crippen LogP contribution in [-0.2, 0) is 6.42 Å². The summed E-state index contributed by atoms with van der Waals surface area (Å²) in [5, 5.41) is 7.34. The normalized spacial score (nSPS) is 17.8. The molecule has 1 aromatic carbocycles. The number of rotatable bonds is 5. The lowest BCUT2D eigenvalue weighted by atomic mass is 10.1. The molecule has 1 aliphatic heterocycles. The van der Waals surface area contributed by atoms with Crippen LogP contribution in [0.3, 0.4) is 0 Å². The third-order valence-corrected chi connectivity index (χ3v) is 3.50. The molecular weight excluding hydrogens is 309 g/mol. The Morgan fingerprint density at radius 1 is 1.27 bits per heavy atom. The Labute approximate surface area is 134 Å². The van der Waals surface area contributed by atoms with Crippen LogP contribution in [0.2, 0.25) is 0 Å². The van der Waals surface area contributed by atoms with Gasteiger partial charge in [0.15, 0.2) is 5.82 Å². The van der Waals surface area contributed by atoms with Gasteiger partial charge in [-0.3, -0.25) is 0 Å². The summed E-state index contributed by atoms with van der Waals surface area (Å²) in [6.45, 7) is 1.43. The fourth-order valence-corrected chi connectivity index (χ4v) is 2.36. The van der Waals surface area contributed by atoms with Crippen LogP contribution in [0, 0.1) is 5.82 Å². The molecule has 1 aromatic heterocycles. The Balaban J connectivity index is 0.00000176. The van der Waals surface area contributed by atoms with Crippen LogP contribution in [-0.4, -0.2) is 23.3 Å². The van der Waals surface area contributed by atoms with E-state index < -0.39 is 0 Å². The summed E-state index contributed by atoms with van der Waals surface area (Å²) in [5.41, 5.74) is 0. The van der Waals surface area contributed by atoms with E-state index in [0.717, 1.165) is 13.0 Å². The minimum absolute atomic E-state index is 0. The van der Waals surface area contributed by atoms with E-state index >= 15 is 0 Å². The zero-order chi connectivity index (χ0) is 14.5. The van der Waals surface area contributed by atoms with E-state index in [2.05, 4.69) is 15.5 Å². The van der Waals surface area contributed by atoms with Crippen molar-refractivity contribution < 1.29 is 13.7 Å². The summed E-state index contributed by atoms with van der Waals surface area (Å²) < 4.78 is 23.6. The number of piperidine rings is 1. The third kappa shape index (κ3) is 4.42. The second-order valence-electron chi connectivity index (χ2n) is 5.10. The van der Waals surface area contributed by atoms with Crippen molar-refractivity contribution in [3.05, 3.63) is 41.8 Å². The largest absolute Gasteiger partial charge is 0.493 e. The van der Waals surface area contributed by atoms with Crippen LogP contribution in [0.25, 0.3) is 0 Å². The highest BCUT2D eigenvalue weighted by molar-refractivity contribution is 5.85. The molecule has 0 spiro atoms. The fourth-order valence-electron chi connectivity index (χ4n) is 2.36. The predicted molar refractivity (Wildman–Crippen MR) is 81.7 cm³/mol. The number of ether oxygens (including phenoxy) is 1. The predicted octanol–water partition coefficient (Wildman–Crippen LogP) is 3.07. The van der Waals surface area contributed by atoms with Crippen molar-refractivity contribution in [3.63, 3.8) is 0 Å². The highest BCUT2D eigenvalue weighted by Gasteiger charge is 2.20. The summed E-state index contributed by atoms with van der Waals surface area (Å²) in [5.74, 6) is 1.66. The number of halogens is 2. The highest BCUT2D eigenvalue weighted by atomic mass is 35.5. The average molecular weight is 328 g/mol. The van der Waals surface area contributed by atoms with E-state index in [-0.39, 0.29) is 24.3 Å². The smallest absolute Gasteiger partial charge is 0.243 e. The minimum atomic E-state index is -0.273. The van der Waals surface area contributed by atoms with Crippen LogP contribution in [0.15, 0.2) is 28.8 Å². The van der Waals surface area contributed by atoms with Crippen LogP contribution in [0.1, 0.15) is 37.0 Å². The Morgan fingerprint density at radius 3 is 2.82 bits per heavy atom. The Kier molecular flexibility index (Phi) is 6.15. The van der Waals surface area contributed by atoms with E-state index in [9.17, 15) is 4.39 Å². The van der Waals surface area contributed by atoms with E-state index in [1.165, 1.54) is 25.0 Å². The van der Waals surface area contributed by atoms with Gasteiger partial charge in [0.25, 0.3) is 0 Å². The van der Waals surface area contributed by atoms with Crippen molar-refractivity contribution in [3.8, 4) is 5.75 Å². The molecule has 3 rings (SSSR count). The van der Waals surface area contributed by atoms with Gasteiger partial charge in [-0.15, -0.1) is 12.4 Å². The van der Waals surface area contributed by atoms with Gasteiger partial charge in [0.2, 0.25) is 5.89 Å². The lowest BCUT2D eigenvalue weighted by Gasteiger charge is -2.19. The van der Waals surface area contributed by atoms with Crippen LogP contribution < -0.4 is 10.1 Å². The van der Waals surface area contributed by atoms with Crippen molar-refractivity contribution in [2.75, 3.05) is 13.2 Å². The van der Waals surface area contributed by atoms with Gasteiger partial charge in [0.1, 0.15) is 11.6 Å². The number of hydrogen-bond donors (Lipinski definition) is 1. The first-order valence-electron chi connectivity index (χ1n) is 7.25. The molecule has 0 bridgehead atoms. The maximum Gasteiger partial charge on any atom is 0.243 e. The van der Waals surface area contributed by atoms with E-state index in [4.69, 9.17) is 9.26 Å². The Hall–Kier alpha value is -1.66. The molecule has 1 saturated heterocycles. The zero-order valence-electron chi connectivity index (χ0n) is 12.1. The molecule has 0 saturated carbocycles. The molecule has 1 fully saturated rings. The molecule has 1 N–H and O–H groups in total. The third-order valence-electron chi connectivity index (χ3n) is 3.50. The summed E-state index contributed by atoms with van der Waals surface area (Å²) in [6, 6.07) is 6.12. The number of nitrogens with one attached hydrogen (secondary N) is 1. The quantitative estimate of drug-likeness (QED) is 0.914. The van der Waals surface area contributed by atoms with Crippen LogP contribution in [0.5, 0.6) is 5.75 Å². The van der Waals surface area contributed by atoms with Gasteiger partial charge < -0.3 is 14.6 Å². The first-order valence-corrected chi connectivity index (χ1v) is 7.25. The number of nitrogens with zero attached hydrogens (tertiary/aromatic N) is 2. The summed E-state index contributed by atoms with van der Waals surface area (Å²) in [6.07, 6.45) is 3.98. The summed E-state index contributed by atoms with van der Waals surface area (Å²) in [4.78, 5) is 4.40. The minimum Gasteiger partial charge on any atom is -0.493 e. The fraction of sp³-hybridized carbons (Fsp3) is 0.467. The monoisotopic (exact) mass is 327 g/mol. The maximum atomic E-state index is 12.8. The van der Waals surface area contributed by atoms with E-state index in [1.807, 2.05) is 0 Å². The Bertz CT molecular complexity index is 570. The number of benzene rings is 1. The second kappa shape index (κ2) is 8.10. The molecule has 22 heavy (non-hydrogen) atoms. The summed E-state index contributed by atoms with van der Waals surface area (Å²) in [7, 11) is 0. The average Bonchev–Trinajstić information content (AvgIpc) is 2.99. The molecule has 2 heterocycles. The molecule has 0 aliphatic carbocycles. The molecule has 7 heteroatoms. The van der Waals surface area contributed by atoms with Gasteiger partial charge in [-0.25, -0.2) is 4.39 Å². The maximum absolute atomic E-state index is 12.8. The zero-order valence-corrected chi connectivity index (χ0v) is 12.9. The van der Waals surface area contributed by atoms with Gasteiger partial charge >= 0.3 is 0 Å². The highest BCUT2D eigenvalue weighted by Crippen LogP contribution is 2.21. The molecule has 1 aliphatic rings. The van der Waals surface area contributed by atoms with Crippen molar-refractivity contribution in [1.82, 2.24) is 15.5 Å². The van der Waals surface area contributed by atoms with Crippen molar-refractivity contribution in [2.24, 2.45) is 0 Å². The lowest BCUT2D eigenvalue weighted by Crippen LogP contribution is -2.27. The van der Waals surface area contributed by atoms with Crippen molar-refractivity contribution >= 4 is 12.4 Å². The SMILES string of the molecule is Cl.Fc1ccc(OCCc2noc(C3CCCCN3)n2)cc1. The standard InChI is InChI=1S/C15H18FN3O2.ClH/c16-11-4-6-12(7-5-11)20-10-8-14-18-15(21-19-14)13-3-1-2-9-17-13;/h4-7,13,17H,1-3,8-10H2;1H. The van der Waals surface area contributed by atoms with E-state index in [0.29, 0.717) is 30.5 Å². The van der Waals surface area contributed by atoms with Gasteiger partial charge in [-0.2, -0.15) is 4.98 Å². The summed E-state index contributed by atoms with van der Waals surface area (Å²) >= 11 is 0.